The second-order valence-corrected chi connectivity index (χ2v) is 10.0. The third-order valence-corrected chi connectivity index (χ3v) is 8.08. The van der Waals surface area contributed by atoms with Crippen LogP contribution in [-0.4, -0.2) is 42.5 Å². The first-order valence-corrected chi connectivity index (χ1v) is 12.4. The fourth-order valence-corrected chi connectivity index (χ4v) is 6.49. The Bertz CT molecular complexity index is 1380. The molecule has 3 heterocycles. The van der Waals surface area contributed by atoms with Crippen molar-refractivity contribution in [3.05, 3.63) is 58.5 Å². The van der Waals surface area contributed by atoms with Crippen LogP contribution in [0.25, 0.3) is 20.8 Å². The van der Waals surface area contributed by atoms with Crippen molar-refractivity contribution in [1.29, 1.82) is 0 Å². The third kappa shape index (κ3) is 4.01. The maximum Gasteiger partial charge on any atom is 0.260 e. The van der Waals surface area contributed by atoms with Crippen molar-refractivity contribution in [2.75, 3.05) is 26.1 Å². The number of fused-ring (bicyclic) bond motifs is 2. The van der Waals surface area contributed by atoms with Gasteiger partial charge in [0.25, 0.3) is 5.91 Å². The smallest absolute Gasteiger partial charge is 0.260 e. The lowest BCUT2D eigenvalue weighted by Gasteiger charge is -2.26. The average molecular weight is 494 g/mol. The molecular formula is C25H23N3O4S2. The fraction of sp³-hybridized carbons (Fsp3) is 0.240. The lowest BCUT2D eigenvalue weighted by atomic mass is 10.0. The van der Waals surface area contributed by atoms with E-state index in [4.69, 9.17) is 14.5 Å². The molecule has 0 saturated carbocycles. The third-order valence-electron chi connectivity index (χ3n) is 5.89. The van der Waals surface area contributed by atoms with Crippen LogP contribution in [0.3, 0.4) is 0 Å². The second-order valence-electron chi connectivity index (χ2n) is 7.91. The summed E-state index contributed by atoms with van der Waals surface area (Å²) >= 11 is 3.11. The van der Waals surface area contributed by atoms with Gasteiger partial charge in [-0.25, -0.2) is 4.98 Å². The zero-order valence-electron chi connectivity index (χ0n) is 19.0. The van der Waals surface area contributed by atoms with Crippen LogP contribution < -0.4 is 14.8 Å². The number of rotatable bonds is 5. The molecule has 0 radical (unpaired) electrons. The summed E-state index contributed by atoms with van der Waals surface area (Å²) in [5.74, 6) is 0.819. The summed E-state index contributed by atoms with van der Waals surface area (Å²) in [6, 6.07) is 13.1. The van der Waals surface area contributed by atoms with Gasteiger partial charge in [0.05, 0.1) is 36.5 Å². The van der Waals surface area contributed by atoms with E-state index in [1.165, 1.54) is 18.4 Å². The molecule has 0 spiro atoms. The van der Waals surface area contributed by atoms with Gasteiger partial charge in [0.15, 0.2) is 0 Å². The molecule has 9 heteroatoms. The van der Waals surface area contributed by atoms with Gasteiger partial charge in [-0.05, 0) is 36.2 Å². The van der Waals surface area contributed by atoms with Crippen molar-refractivity contribution in [3.8, 4) is 22.1 Å². The predicted molar refractivity (Wildman–Crippen MR) is 135 cm³/mol. The van der Waals surface area contributed by atoms with Gasteiger partial charge in [-0.3, -0.25) is 9.59 Å². The number of methoxy groups -OCH3 is 2. The van der Waals surface area contributed by atoms with E-state index in [2.05, 4.69) is 5.32 Å². The van der Waals surface area contributed by atoms with Crippen LogP contribution in [0.15, 0.2) is 42.5 Å². The Morgan fingerprint density at radius 2 is 1.91 bits per heavy atom. The number of para-hydroxylation sites is 1. The highest BCUT2D eigenvalue weighted by atomic mass is 32.1. The number of aromatic nitrogens is 1. The molecule has 0 bridgehead atoms. The van der Waals surface area contributed by atoms with E-state index in [9.17, 15) is 9.59 Å². The minimum absolute atomic E-state index is 0.0501. The lowest BCUT2D eigenvalue weighted by Crippen LogP contribution is -2.33. The molecule has 7 nitrogen and oxygen atoms in total. The first-order chi connectivity index (χ1) is 16.5. The monoisotopic (exact) mass is 493 g/mol. The molecule has 1 N–H and O–H groups in total. The molecule has 0 atom stereocenters. The molecule has 1 aliphatic heterocycles. The number of benzene rings is 2. The van der Waals surface area contributed by atoms with Crippen LogP contribution in [0.2, 0.25) is 0 Å². The van der Waals surface area contributed by atoms with E-state index in [1.54, 1.807) is 43.6 Å². The van der Waals surface area contributed by atoms with Gasteiger partial charge in [0.2, 0.25) is 5.91 Å². The standard InChI is InChI=1S/C25H23N3O4S2/c1-14(29)28-11-10-17-21(13-28)34-25(22(17)24-26-18-6-4-5-7-20(18)33-24)27-23(30)16-9-8-15(31-2)12-19(16)32-3/h4-9,12H,10-11,13H2,1-3H3,(H,27,30). The molecule has 4 aromatic rings. The van der Waals surface area contributed by atoms with Crippen LogP contribution >= 0.6 is 22.7 Å². The van der Waals surface area contributed by atoms with Gasteiger partial charge < -0.3 is 19.7 Å². The van der Waals surface area contributed by atoms with Crippen molar-refractivity contribution in [3.63, 3.8) is 0 Å². The Kier molecular flexibility index (Phi) is 5.97. The topological polar surface area (TPSA) is 80.8 Å². The number of carbonyl (C=O) groups excluding carboxylic acids is 2. The van der Waals surface area contributed by atoms with Gasteiger partial charge in [-0.2, -0.15) is 0 Å². The van der Waals surface area contributed by atoms with Gasteiger partial charge in [-0.1, -0.05) is 12.1 Å². The summed E-state index contributed by atoms with van der Waals surface area (Å²) < 4.78 is 11.8. The first kappa shape index (κ1) is 22.4. The number of anilines is 1. The zero-order valence-corrected chi connectivity index (χ0v) is 20.6. The van der Waals surface area contributed by atoms with E-state index in [-0.39, 0.29) is 11.8 Å². The molecule has 34 heavy (non-hydrogen) atoms. The van der Waals surface area contributed by atoms with Gasteiger partial charge in [0.1, 0.15) is 21.5 Å². The molecule has 0 saturated heterocycles. The van der Waals surface area contributed by atoms with Crippen LogP contribution in [-0.2, 0) is 17.8 Å². The molecule has 2 aromatic carbocycles. The van der Waals surface area contributed by atoms with E-state index < -0.39 is 0 Å². The second kappa shape index (κ2) is 9.08. The number of carbonyl (C=O) groups is 2. The summed E-state index contributed by atoms with van der Waals surface area (Å²) in [5.41, 5.74) is 3.44. The van der Waals surface area contributed by atoms with E-state index >= 15 is 0 Å². The van der Waals surface area contributed by atoms with Gasteiger partial charge in [-0.15, -0.1) is 22.7 Å². The molecule has 2 aromatic heterocycles. The SMILES string of the molecule is COc1ccc(C(=O)Nc2sc3c(c2-c2nc4ccccc4s2)CCN(C(C)=O)C3)c(OC)c1. The summed E-state index contributed by atoms with van der Waals surface area (Å²) in [5, 5.41) is 4.71. The Balaban J connectivity index is 1.58. The van der Waals surface area contributed by atoms with Crippen molar-refractivity contribution in [1.82, 2.24) is 9.88 Å². The van der Waals surface area contributed by atoms with Crippen LogP contribution in [0.1, 0.15) is 27.7 Å². The molecule has 0 unspecified atom stereocenters. The highest BCUT2D eigenvalue weighted by Gasteiger charge is 2.29. The van der Waals surface area contributed by atoms with E-state index in [1.807, 2.05) is 29.2 Å². The van der Waals surface area contributed by atoms with Crippen molar-refractivity contribution >= 4 is 49.7 Å². The minimum Gasteiger partial charge on any atom is -0.497 e. The van der Waals surface area contributed by atoms with Gasteiger partial charge in [0, 0.05) is 30.0 Å². The molecule has 2 amide bonds. The molecule has 0 aliphatic carbocycles. The number of thiazole rings is 1. The van der Waals surface area contributed by atoms with Crippen molar-refractivity contribution in [2.24, 2.45) is 0 Å². The Labute approximate surface area is 205 Å². The quantitative estimate of drug-likeness (QED) is 0.413. The van der Waals surface area contributed by atoms with Crippen molar-refractivity contribution in [2.45, 2.75) is 19.9 Å². The lowest BCUT2D eigenvalue weighted by molar-refractivity contribution is -0.129. The van der Waals surface area contributed by atoms with Crippen LogP contribution in [0.4, 0.5) is 5.00 Å². The largest absolute Gasteiger partial charge is 0.497 e. The van der Waals surface area contributed by atoms with Gasteiger partial charge >= 0.3 is 0 Å². The number of amides is 2. The zero-order chi connectivity index (χ0) is 23.8. The van der Waals surface area contributed by atoms with Crippen molar-refractivity contribution < 1.29 is 19.1 Å². The highest BCUT2D eigenvalue weighted by Crippen LogP contribution is 2.46. The number of ether oxygens (including phenoxy) is 2. The predicted octanol–water partition coefficient (Wildman–Crippen LogP) is 5.20. The normalized spacial score (nSPS) is 13.0. The summed E-state index contributed by atoms with van der Waals surface area (Å²) in [7, 11) is 3.09. The summed E-state index contributed by atoms with van der Waals surface area (Å²) in [4.78, 5) is 33.1. The molecule has 1 aliphatic rings. The van der Waals surface area contributed by atoms with Crippen LogP contribution in [0, 0.1) is 0 Å². The number of hydrogen-bond donors (Lipinski definition) is 1. The first-order valence-electron chi connectivity index (χ1n) is 10.8. The van der Waals surface area contributed by atoms with Crippen LogP contribution in [0.5, 0.6) is 11.5 Å². The molecular weight excluding hydrogens is 470 g/mol. The fourth-order valence-electron chi connectivity index (χ4n) is 4.12. The number of thiophene rings is 1. The average Bonchev–Trinajstić information content (AvgIpc) is 3.43. The Hall–Kier alpha value is -3.43. The Morgan fingerprint density at radius 1 is 1.09 bits per heavy atom. The summed E-state index contributed by atoms with van der Waals surface area (Å²) in [6.07, 6.45) is 0.721. The number of hydrogen-bond acceptors (Lipinski definition) is 7. The number of nitrogens with zero attached hydrogens (tertiary/aromatic N) is 2. The number of nitrogens with one attached hydrogen (secondary N) is 1. The maximum absolute atomic E-state index is 13.3. The molecule has 5 rings (SSSR count). The Morgan fingerprint density at radius 3 is 2.65 bits per heavy atom. The van der Waals surface area contributed by atoms with E-state index in [0.717, 1.165) is 42.7 Å². The maximum atomic E-state index is 13.3. The highest BCUT2D eigenvalue weighted by molar-refractivity contribution is 7.23. The molecule has 0 fully saturated rings. The summed E-state index contributed by atoms with van der Waals surface area (Å²) in [6.45, 7) is 2.78. The van der Waals surface area contributed by atoms with E-state index in [0.29, 0.717) is 30.2 Å². The molecule has 174 valence electrons. The minimum atomic E-state index is -0.274.